The van der Waals surface area contributed by atoms with Gasteiger partial charge in [0.05, 0.1) is 12.6 Å². The Kier molecular flexibility index (Phi) is 6.28. The van der Waals surface area contributed by atoms with Crippen LogP contribution in [-0.4, -0.2) is 30.4 Å². The Bertz CT molecular complexity index is 318. The van der Waals surface area contributed by atoms with Crippen molar-refractivity contribution in [2.45, 2.75) is 58.5 Å². The number of hydrogen-bond donors (Lipinski definition) is 3. The Morgan fingerprint density at radius 3 is 2.58 bits per heavy atom. The molecule has 0 aromatic carbocycles. The second-order valence-electron chi connectivity index (χ2n) is 6.02. The Balaban J connectivity index is 2.26. The standard InChI is InChI=1S/C14H27N3O2/c1-9(2)13(15)14(19)16-8-12(18)17-11-6-4-5-10(3)7-11/h9-11,13H,4-8,15H2,1-3H3,(H,16,19)(H,17,18)/t10?,11?,13-/m0/s1. The van der Waals surface area contributed by atoms with E-state index in [9.17, 15) is 9.59 Å². The fourth-order valence-corrected chi connectivity index (χ4v) is 2.43. The minimum absolute atomic E-state index is 0.0180. The maximum Gasteiger partial charge on any atom is 0.239 e. The molecule has 2 unspecified atom stereocenters. The summed E-state index contributed by atoms with van der Waals surface area (Å²) in [5.41, 5.74) is 5.70. The number of nitrogens with one attached hydrogen (secondary N) is 2. The summed E-state index contributed by atoms with van der Waals surface area (Å²) in [4.78, 5) is 23.4. The van der Waals surface area contributed by atoms with Crippen LogP contribution in [0.3, 0.4) is 0 Å². The molecule has 2 amide bonds. The zero-order chi connectivity index (χ0) is 14.4. The molecule has 0 radical (unpaired) electrons. The van der Waals surface area contributed by atoms with Crippen LogP contribution < -0.4 is 16.4 Å². The van der Waals surface area contributed by atoms with Gasteiger partial charge in [-0.3, -0.25) is 9.59 Å². The van der Waals surface area contributed by atoms with Gasteiger partial charge in [0.2, 0.25) is 11.8 Å². The van der Waals surface area contributed by atoms with Crippen molar-refractivity contribution in [2.75, 3.05) is 6.54 Å². The summed E-state index contributed by atoms with van der Waals surface area (Å²) in [6, 6.07) is -0.297. The molecule has 0 aromatic heterocycles. The van der Waals surface area contributed by atoms with Crippen LogP contribution in [0.5, 0.6) is 0 Å². The number of hydrogen-bond acceptors (Lipinski definition) is 3. The van der Waals surface area contributed by atoms with Crippen molar-refractivity contribution >= 4 is 11.8 Å². The maximum absolute atomic E-state index is 11.7. The lowest BCUT2D eigenvalue weighted by Gasteiger charge is -2.27. The van der Waals surface area contributed by atoms with Gasteiger partial charge in [-0.15, -0.1) is 0 Å². The van der Waals surface area contributed by atoms with E-state index in [-0.39, 0.29) is 30.3 Å². The zero-order valence-electron chi connectivity index (χ0n) is 12.2. The Morgan fingerprint density at radius 2 is 2.00 bits per heavy atom. The topological polar surface area (TPSA) is 84.2 Å². The molecule has 1 fully saturated rings. The number of rotatable bonds is 5. The lowest BCUT2D eigenvalue weighted by Crippen LogP contribution is -2.48. The number of carbonyl (C=O) groups is 2. The average molecular weight is 269 g/mol. The zero-order valence-corrected chi connectivity index (χ0v) is 12.2. The molecule has 0 saturated heterocycles. The van der Waals surface area contributed by atoms with Gasteiger partial charge in [-0.1, -0.05) is 33.6 Å². The first-order valence-corrected chi connectivity index (χ1v) is 7.22. The van der Waals surface area contributed by atoms with Crippen molar-refractivity contribution in [2.24, 2.45) is 17.6 Å². The van der Waals surface area contributed by atoms with Gasteiger partial charge in [-0.05, 0) is 24.7 Å². The van der Waals surface area contributed by atoms with Gasteiger partial charge in [-0.25, -0.2) is 0 Å². The van der Waals surface area contributed by atoms with E-state index >= 15 is 0 Å². The van der Waals surface area contributed by atoms with E-state index < -0.39 is 6.04 Å². The Hall–Kier alpha value is -1.10. The highest BCUT2D eigenvalue weighted by Gasteiger charge is 2.21. The van der Waals surface area contributed by atoms with Crippen LogP contribution in [-0.2, 0) is 9.59 Å². The molecule has 4 N–H and O–H groups in total. The highest BCUT2D eigenvalue weighted by molar-refractivity contribution is 5.87. The molecule has 0 aromatic rings. The molecule has 1 aliphatic carbocycles. The normalized spacial score (nSPS) is 24.9. The minimum atomic E-state index is -0.553. The molecule has 0 spiro atoms. The molecular formula is C14H27N3O2. The molecule has 110 valence electrons. The SMILES string of the molecule is CC1CCCC(NC(=O)CNC(=O)[C@@H](N)C(C)C)C1. The first-order chi connectivity index (χ1) is 8.90. The second-order valence-corrected chi connectivity index (χ2v) is 6.02. The van der Waals surface area contributed by atoms with Crippen LogP contribution >= 0.6 is 0 Å². The van der Waals surface area contributed by atoms with E-state index in [2.05, 4.69) is 17.6 Å². The van der Waals surface area contributed by atoms with Crippen molar-refractivity contribution in [3.05, 3.63) is 0 Å². The fourth-order valence-electron chi connectivity index (χ4n) is 2.43. The Morgan fingerprint density at radius 1 is 1.32 bits per heavy atom. The first-order valence-electron chi connectivity index (χ1n) is 7.22. The molecule has 1 aliphatic rings. The van der Waals surface area contributed by atoms with E-state index in [0.717, 1.165) is 19.3 Å². The van der Waals surface area contributed by atoms with Crippen molar-refractivity contribution in [1.82, 2.24) is 10.6 Å². The molecule has 1 rings (SSSR count). The molecular weight excluding hydrogens is 242 g/mol. The maximum atomic E-state index is 11.7. The summed E-state index contributed by atoms with van der Waals surface area (Å²) < 4.78 is 0. The van der Waals surface area contributed by atoms with Crippen LogP contribution in [0.1, 0.15) is 46.5 Å². The van der Waals surface area contributed by atoms with Gasteiger partial charge in [0, 0.05) is 6.04 Å². The van der Waals surface area contributed by atoms with E-state index in [1.807, 2.05) is 13.8 Å². The van der Waals surface area contributed by atoms with Gasteiger partial charge >= 0.3 is 0 Å². The molecule has 0 aliphatic heterocycles. The highest BCUT2D eigenvalue weighted by Crippen LogP contribution is 2.23. The van der Waals surface area contributed by atoms with Gasteiger partial charge in [0.15, 0.2) is 0 Å². The van der Waals surface area contributed by atoms with E-state index in [4.69, 9.17) is 5.73 Å². The monoisotopic (exact) mass is 269 g/mol. The predicted octanol–water partition coefficient (Wildman–Crippen LogP) is 0.781. The summed E-state index contributed by atoms with van der Waals surface area (Å²) in [7, 11) is 0. The summed E-state index contributed by atoms with van der Waals surface area (Å²) >= 11 is 0. The molecule has 0 heterocycles. The minimum Gasteiger partial charge on any atom is -0.352 e. The summed E-state index contributed by atoms with van der Waals surface area (Å²) in [5.74, 6) is 0.357. The van der Waals surface area contributed by atoms with E-state index in [1.165, 1.54) is 6.42 Å². The van der Waals surface area contributed by atoms with Crippen molar-refractivity contribution in [3.63, 3.8) is 0 Å². The molecule has 1 saturated carbocycles. The van der Waals surface area contributed by atoms with Crippen molar-refractivity contribution in [3.8, 4) is 0 Å². The first kappa shape index (κ1) is 16.0. The van der Waals surface area contributed by atoms with Gasteiger partial charge in [-0.2, -0.15) is 0 Å². The molecule has 5 heteroatoms. The fraction of sp³-hybridized carbons (Fsp3) is 0.857. The van der Waals surface area contributed by atoms with Gasteiger partial charge < -0.3 is 16.4 Å². The molecule has 3 atom stereocenters. The van der Waals surface area contributed by atoms with Crippen LogP contribution in [0.25, 0.3) is 0 Å². The van der Waals surface area contributed by atoms with Crippen LogP contribution in [0.15, 0.2) is 0 Å². The Labute approximate surface area is 115 Å². The third-order valence-electron chi connectivity index (χ3n) is 3.75. The number of amides is 2. The third-order valence-corrected chi connectivity index (χ3v) is 3.75. The number of carbonyl (C=O) groups excluding carboxylic acids is 2. The van der Waals surface area contributed by atoms with Gasteiger partial charge in [0.25, 0.3) is 0 Å². The number of nitrogens with two attached hydrogens (primary N) is 1. The van der Waals surface area contributed by atoms with Crippen LogP contribution in [0, 0.1) is 11.8 Å². The molecule has 0 bridgehead atoms. The lowest BCUT2D eigenvalue weighted by atomic mass is 9.87. The summed E-state index contributed by atoms with van der Waals surface area (Å²) in [5, 5.41) is 5.57. The largest absolute Gasteiger partial charge is 0.352 e. The molecule has 19 heavy (non-hydrogen) atoms. The lowest BCUT2D eigenvalue weighted by molar-refractivity contribution is -0.127. The predicted molar refractivity (Wildman–Crippen MR) is 75.4 cm³/mol. The highest BCUT2D eigenvalue weighted by atomic mass is 16.2. The smallest absolute Gasteiger partial charge is 0.239 e. The van der Waals surface area contributed by atoms with Crippen LogP contribution in [0.2, 0.25) is 0 Å². The third kappa shape index (κ3) is 5.59. The quantitative estimate of drug-likeness (QED) is 0.689. The molecule has 5 nitrogen and oxygen atoms in total. The van der Waals surface area contributed by atoms with Gasteiger partial charge in [0.1, 0.15) is 0 Å². The van der Waals surface area contributed by atoms with Crippen LogP contribution in [0.4, 0.5) is 0 Å². The van der Waals surface area contributed by atoms with Crippen molar-refractivity contribution < 1.29 is 9.59 Å². The second kappa shape index (κ2) is 7.48. The van der Waals surface area contributed by atoms with E-state index in [0.29, 0.717) is 5.92 Å². The summed E-state index contributed by atoms with van der Waals surface area (Å²) in [6.45, 7) is 5.99. The summed E-state index contributed by atoms with van der Waals surface area (Å²) in [6.07, 6.45) is 4.48. The van der Waals surface area contributed by atoms with Crippen molar-refractivity contribution in [1.29, 1.82) is 0 Å². The van der Waals surface area contributed by atoms with E-state index in [1.54, 1.807) is 0 Å². The average Bonchev–Trinajstić information content (AvgIpc) is 2.34.